The largest absolute Gasteiger partial charge is 0.360 e. The van der Waals surface area contributed by atoms with Gasteiger partial charge in [0, 0.05) is 17.9 Å². The van der Waals surface area contributed by atoms with E-state index in [0.717, 1.165) is 18.4 Å². The minimum absolute atomic E-state index is 0.0623. The molecule has 1 heterocycles. The highest BCUT2D eigenvalue weighted by molar-refractivity contribution is 7.90. The molecule has 0 saturated carbocycles. The van der Waals surface area contributed by atoms with Crippen LogP contribution in [0.3, 0.4) is 0 Å². The van der Waals surface area contributed by atoms with Crippen molar-refractivity contribution < 1.29 is 26.5 Å². The van der Waals surface area contributed by atoms with E-state index in [1.807, 2.05) is 0 Å². The molecule has 0 aliphatic rings. The van der Waals surface area contributed by atoms with Crippen LogP contribution in [-0.2, 0) is 9.84 Å². The van der Waals surface area contributed by atoms with Gasteiger partial charge >= 0.3 is 0 Å². The first-order valence-corrected chi connectivity index (χ1v) is 7.26. The molecule has 0 saturated heterocycles. The third kappa shape index (κ3) is 2.60. The molecule has 2 rings (SSSR count). The predicted molar refractivity (Wildman–Crippen MR) is 64.1 cm³/mol. The Balaban J connectivity index is 2.61. The third-order valence-corrected chi connectivity index (χ3v) is 3.74. The average Bonchev–Trinajstić information content (AvgIpc) is 2.68. The molecule has 8 heteroatoms. The molecule has 0 N–H and O–H groups in total. The van der Waals surface area contributed by atoms with Crippen LogP contribution in [-0.4, -0.2) is 25.6 Å². The van der Waals surface area contributed by atoms with Crippen LogP contribution in [0.4, 0.5) is 8.78 Å². The van der Waals surface area contributed by atoms with Crippen LogP contribution in [0.25, 0.3) is 0 Å². The lowest BCUT2D eigenvalue weighted by Crippen LogP contribution is -2.10. The molecule has 5 nitrogen and oxygen atoms in total. The molecule has 2 aromatic rings. The number of halogens is 2. The molecular formula is C12H9F2NO4S. The monoisotopic (exact) mass is 301 g/mol. The summed E-state index contributed by atoms with van der Waals surface area (Å²) in [5.74, 6) is -2.89. The SMILES string of the molecule is Cc1onc(C(=O)c2cc(F)cc(F)c2)c1S(C)(=O)=O. The molecule has 0 unspecified atom stereocenters. The van der Waals surface area contributed by atoms with Gasteiger partial charge in [0.05, 0.1) is 0 Å². The van der Waals surface area contributed by atoms with Crippen LogP contribution >= 0.6 is 0 Å². The maximum Gasteiger partial charge on any atom is 0.216 e. The van der Waals surface area contributed by atoms with Gasteiger partial charge in [-0.25, -0.2) is 17.2 Å². The number of aryl methyl sites for hydroxylation is 1. The first-order chi connectivity index (χ1) is 9.20. The normalized spacial score (nSPS) is 11.6. The fraction of sp³-hybridized carbons (Fsp3) is 0.167. The van der Waals surface area contributed by atoms with Crippen LogP contribution in [0.1, 0.15) is 21.8 Å². The summed E-state index contributed by atoms with van der Waals surface area (Å²) in [4.78, 5) is 11.7. The van der Waals surface area contributed by atoms with Gasteiger partial charge in [0.1, 0.15) is 16.5 Å². The van der Waals surface area contributed by atoms with Gasteiger partial charge in [0.25, 0.3) is 0 Å². The van der Waals surface area contributed by atoms with E-state index in [-0.39, 0.29) is 16.2 Å². The summed E-state index contributed by atoms with van der Waals surface area (Å²) in [7, 11) is -3.76. The number of aromatic nitrogens is 1. The van der Waals surface area contributed by atoms with E-state index in [9.17, 15) is 22.0 Å². The second-order valence-electron chi connectivity index (χ2n) is 4.18. The van der Waals surface area contributed by atoms with E-state index < -0.39 is 32.9 Å². The molecule has 0 aliphatic heterocycles. The summed E-state index contributed by atoms with van der Waals surface area (Å²) in [6.45, 7) is 1.33. The summed E-state index contributed by atoms with van der Waals surface area (Å²) in [6.07, 6.45) is 0.884. The van der Waals surface area contributed by atoms with Gasteiger partial charge in [-0.3, -0.25) is 4.79 Å². The van der Waals surface area contributed by atoms with Crippen LogP contribution < -0.4 is 0 Å². The zero-order valence-electron chi connectivity index (χ0n) is 10.5. The van der Waals surface area contributed by atoms with Crippen molar-refractivity contribution in [2.45, 2.75) is 11.8 Å². The highest BCUT2D eigenvalue weighted by Crippen LogP contribution is 2.23. The number of ketones is 1. The molecule has 1 aromatic heterocycles. The third-order valence-electron chi connectivity index (χ3n) is 2.52. The lowest BCUT2D eigenvalue weighted by Gasteiger charge is -2.01. The number of benzene rings is 1. The smallest absolute Gasteiger partial charge is 0.216 e. The van der Waals surface area contributed by atoms with Gasteiger partial charge in [0.2, 0.25) is 5.78 Å². The first kappa shape index (κ1) is 14.3. The minimum Gasteiger partial charge on any atom is -0.360 e. The van der Waals surface area contributed by atoms with Crippen LogP contribution in [0.15, 0.2) is 27.6 Å². The average molecular weight is 301 g/mol. The maximum atomic E-state index is 13.1. The van der Waals surface area contributed by atoms with E-state index in [1.165, 1.54) is 6.92 Å². The van der Waals surface area contributed by atoms with Gasteiger partial charge in [-0.15, -0.1) is 0 Å². The lowest BCUT2D eigenvalue weighted by molar-refractivity contribution is 0.102. The number of hydrogen-bond donors (Lipinski definition) is 0. The van der Waals surface area contributed by atoms with Crippen molar-refractivity contribution in [2.24, 2.45) is 0 Å². The van der Waals surface area contributed by atoms with Crippen LogP contribution in [0.5, 0.6) is 0 Å². The summed E-state index contributed by atoms with van der Waals surface area (Å²) < 4.78 is 54.1. The number of carbonyl (C=O) groups excluding carboxylic acids is 1. The fourth-order valence-corrected chi connectivity index (χ4v) is 2.81. The Morgan fingerprint density at radius 3 is 2.25 bits per heavy atom. The van der Waals surface area contributed by atoms with Crippen LogP contribution in [0, 0.1) is 18.6 Å². The molecule has 0 atom stereocenters. The van der Waals surface area contributed by atoms with Gasteiger partial charge in [-0.1, -0.05) is 5.16 Å². The quantitative estimate of drug-likeness (QED) is 0.809. The van der Waals surface area contributed by atoms with E-state index in [2.05, 4.69) is 9.68 Å². The number of rotatable bonds is 3. The highest BCUT2D eigenvalue weighted by Gasteiger charge is 2.28. The minimum atomic E-state index is -3.76. The number of nitrogens with zero attached hydrogens (tertiary/aromatic N) is 1. The lowest BCUT2D eigenvalue weighted by atomic mass is 10.1. The topological polar surface area (TPSA) is 77.2 Å². The molecule has 106 valence electrons. The summed E-state index contributed by atoms with van der Waals surface area (Å²) in [5, 5.41) is 3.37. The predicted octanol–water partition coefficient (Wildman–Crippen LogP) is 1.90. The molecule has 0 fully saturated rings. The Labute approximate surface area is 113 Å². The van der Waals surface area contributed by atoms with Crippen molar-refractivity contribution in [2.75, 3.05) is 6.26 Å². The molecule has 1 aromatic carbocycles. The fourth-order valence-electron chi connectivity index (χ4n) is 1.77. The molecular weight excluding hydrogens is 292 g/mol. The number of carbonyl (C=O) groups is 1. The standard InChI is InChI=1S/C12H9F2NO4S/c1-6-12(20(2,17)18)10(15-19-6)11(16)7-3-8(13)5-9(14)4-7/h3-5H,1-2H3. The Morgan fingerprint density at radius 2 is 1.75 bits per heavy atom. The van der Waals surface area contributed by atoms with Gasteiger partial charge in [-0.05, 0) is 19.1 Å². The Hall–Kier alpha value is -2.09. The molecule has 0 amide bonds. The second kappa shape index (κ2) is 4.78. The van der Waals surface area contributed by atoms with Crippen molar-refractivity contribution in [3.05, 3.63) is 46.9 Å². The summed E-state index contributed by atoms with van der Waals surface area (Å²) >= 11 is 0. The number of sulfone groups is 1. The molecule has 0 radical (unpaired) electrons. The summed E-state index contributed by atoms with van der Waals surface area (Å²) in [6, 6.07) is 2.19. The summed E-state index contributed by atoms with van der Waals surface area (Å²) in [5.41, 5.74) is -0.837. The van der Waals surface area contributed by atoms with Gasteiger partial charge < -0.3 is 4.52 Å². The highest BCUT2D eigenvalue weighted by atomic mass is 32.2. The molecule has 0 aliphatic carbocycles. The van der Waals surface area contributed by atoms with Crippen molar-refractivity contribution >= 4 is 15.6 Å². The Kier molecular flexibility index (Phi) is 3.43. The van der Waals surface area contributed by atoms with E-state index in [4.69, 9.17) is 0 Å². The molecule has 0 spiro atoms. The van der Waals surface area contributed by atoms with E-state index >= 15 is 0 Å². The van der Waals surface area contributed by atoms with Gasteiger partial charge in [0.15, 0.2) is 21.3 Å². The maximum absolute atomic E-state index is 13.1. The van der Waals surface area contributed by atoms with Crippen LogP contribution in [0.2, 0.25) is 0 Å². The molecule has 0 bridgehead atoms. The second-order valence-corrected chi connectivity index (χ2v) is 6.13. The van der Waals surface area contributed by atoms with E-state index in [1.54, 1.807) is 0 Å². The Bertz CT molecular complexity index is 776. The van der Waals surface area contributed by atoms with Crippen molar-refractivity contribution in [3.8, 4) is 0 Å². The zero-order valence-corrected chi connectivity index (χ0v) is 11.3. The van der Waals surface area contributed by atoms with Crippen molar-refractivity contribution in [1.82, 2.24) is 5.16 Å². The zero-order chi connectivity index (χ0) is 15.1. The van der Waals surface area contributed by atoms with Crippen molar-refractivity contribution in [3.63, 3.8) is 0 Å². The van der Waals surface area contributed by atoms with E-state index in [0.29, 0.717) is 6.07 Å². The van der Waals surface area contributed by atoms with Crippen molar-refractivity contribution in [1.29, 1.82) is 0 Å². The Morgan fingerprint density at radius 1 is 1.20 bits per heavy atom. The molecule has 20 heavy (non-hydrogen) atoms. The van der Waals surface area contributed by atoms with Gasteiger partial charge in [-0.2, -0.15) is 0 Å². The number of hydrogen-bond acceptors (Lipinski definition) is 5. The first-order valence-electron chi connectivity index (χ1n) is 5.37.